The van der Waals surface area contributed by atoms with Crippen molar-refractivity contribution < 1.29 is 9.21 Å². The van der Waals surface area contributed by atoms with E-state index in [1.807, 2.05) is 26.0 Å². The number of aryl methyl sites for hydroxylation is 2. The number of nitrogens with two attached hydrogens (primary N) is 1. The second kappa shape index (κ2) is 4.97. The molecule has 21 heavy (non-hydrogen) atoms. The molecule has 0 spiro atoms. The predicted molar refractivity (Wildman–Crippen MR) is 79.9 cm³/mol. The van der Waals surface area contributed by atoms with Crippen LogP contribution in [-0.2, 0) is 6.54 Å². The fourth-order valence-electron chi connectivity index (χ4n) is 2.17. The molecule has 108 valence electrons. The van der Waals surface area contributed by atoms with Gasteiger partial charge in [-0.2, -0.15) is 0 Å². The number of hydrogen-bond donors (Lipinski definition) is 3. The van der Waals surface area contributed by atoms with Crippen molar-refractivity contribution in [2.45, 2.75) is 20.4 Å². The largest absolute Gasteiger partial charge is 0.444 e. The molecule has 2 aromatic heterocycles. The van der Waals surface area contributed by atoms with Gasteiger partial charge in [-0.05, 0) is 26.0 Å². The molecule has 0 fully saturated rings. The van der Waals surface area contributed by atoms with Crippen LogP contribution < -0.4 is 11.1 Å². The zero-order valence-corrected chi connectivity index (χ0v) is 11.9. The highest BCUT2D eigenvalue weighted by atomic mass is 16.4. The number of fused-ring (bicyclic) bond motifs is 1. The van der Waals surface area contributed by atoms with Gasteiger partial charge in [0.05, 0.1) is 23.4 Å². The third kappa shape index (κ3) is 2.47. The first-order valence-electron chi connectivity index (χ1n) is 6.63. The number of H-pyrrole nitrogens is 1. The molecule has 0 aliphatic heterocycles. The van der Waals surface area contributed by atoms with Crippen molar-refractivity contribution >= 4 is 22.5 Å². The van der Waals surface area contributed by atoms with Crippen molar-refractivity contribution in [2.75, 3.05) is 5.73 Å². The molecule has 0 saturated carbocycles. The first-order valence-corrected chi connectivity index (χ1v) is 6.63. The average Bonchev–Trinajstić information content (AvgIpc) is 3.02. The van der Waals surface area contributed by atoms with E-state index in [1.54, 1.807) is 12.1 Å². The van der Waals surface area contributed by atoms with Crippen LogP contribution in [0.4, 0.5) is 5.69 Å². The van der Waals surface area contributed by atoms with Gasteiger partial charge in [-0.3, -0.25) is 4.79 Å². The summed E-state index contributed by atoms with van der Waals surface area (Å²) >= 11 is 0. The zero-order chi connectivity index (χ0) is 15.0. The third-order valence-corrected chi connectivity index (χ3v) is 3.41. The van der Waals surface area contributed by atoms with Crippen LogP contribution in [0.2, 0.25) is 0 Å². The molecule has 3 rings (SSSR count). The minimum absolute atomic E-state index is 0.223. The fourth-order valence-corrected chi connectivity index (χ4v) is 2.17. The summed E-state index contributed by atoms with van der Waals surface area (Å²) in [6.45, 7) is 3.96. The Morgan fingerprint density at radius 2 is 2.24 bits per heavy atom. The van der Waals surface area contributed by atoms with Gasteiger partial charge < -0.3 is 20.5 Å². The van der Waals surface area contributed by atoms with E-state index in [1.165, 1.54) is 0 Å². The maximum Gasteiger partial charge on any atom is 0.268 e. The standard InChI is InChI=1S/C15H16N4O2/c1-8-9(2)21-13(18-8)7-17-15(20)12-6-10-4-3-5-11(16)14(10)19-12/h3-6,19H,7,16H2,1-2H3,(H,17,20). The van der Waals surface area contributed by atoms with E-state index in [-0.39, 0.29) is 12.5 Å². The van der Waals surface area contributed by atoms with Gasteiger partial charge in [0.1, 0.15) is 11.5 Å². The van der Waals surface area contributed by atoms with Gasteiger partial charge in [0.2, 0.25) is 5.89 Å². The van der Waals surface area contributed by atoms with Gasteiger partial charge in [-0.15, -0.1) is 0 Å². The minimum atomic E-state index is -0.223. The number of nitrogen functional groups attached to an aromatic ring is 1. The molecule has 1 aromatic carbocycles. The highest BCUT2D eigenvalue weighted by Gasteiger charge is 2.12. The van der Waals surface area contributed by atoms with Crippen LogP contribution in [0.3, 0.4) is 0 Å². The molecule has 0 saturated heterocycles. The van der Waals surface area contributed by atoms with Gasteiger partial charge in [-0.25, -0.2) is 4.98 Å². The number of hydrogen-bond acceptors (Lipinski definition) is 4. The van der Waals surface area contributed by atoms with Crippen molar-refractivity contribution in [1.82, 2.24) is 15.3 Å². The van der Waals surface area contributed by atoms with Crippen LogP contribution in [0.1, 0.15) is 27.8 Å². The van der Waals surface area contributed by atoms with E-state index < -0.39 is 0 Å². The highest BCUT2D eigenvalue weighted by molar-refractivity contribution is 6.00. The Bertz CT molecular complexity index is 797. The van der Waals surface area contributed by atoms with E-state index in [9.17, 15) is 4.79 Å². The number of oxazole rings is 1. The van der Waals surface area contributed by atoms with Gasteiger partial charge in [0.25, 0.3) is 5.91 Å². The SMILES string of the molecule is Cc1nc(CNC(=O)c2cc3cccc(N)c3[nH]2)oc1C. The van der Waals surface area contributed by atoms with Crippen molar-refractivity contribution in [2.24, 2.45) is 0 Å². The van der Waals surface area contributed by atoms with Crippen LogP contribution in [0.25, 0.3) is 10.9 Å². The Morgan fingerprint density at radius 1 is 1.43 bits per heavy atom. The van der Waals surface area contributed by atoms with Crippen LogP contribution in [0, 0.1) is 13.8 Å². The molecule has 0 aliphatic rings. The lowest BCUT2D eigenvalue weighted by atomic mass is 10.2. The Labute approximate surface area is 121 Å². The summed E-state index contributed by atoms with van der Waals surface area (Å²) in [7, 11) is 0. The number of nitrogens with zero attached hydrogens (tertiary/aromatic N) is 1. The quantitative estimate of drug-likeness (QED) is 0.643. The Morgan fingerprint density at radius 3 is 2.90 bits per heavy atom. The van der Waals surface area contributed by atoms with Crippen molar-refractivity contribution in [3.05, 3.63) is 47.3 Å². The molecule has 6 nitrogen and oxygen atoms in total. The topological polar surface area (TPSA) is 96.9 Å². The highest BCUT2D eigenvalue weighted by Crippen LogP contribution is 2.21. The number of aromatic nitrogens is 2. The molecule has 0 radical (unpaired) electrons. The number of anilines is 1. The summed E-state index contributed by atoms with van der Waals surface area (Å²) in [6, 6.07) is 7.32. The number of carbonyl (C=O) groups is 1. The normalized spacial score (nSPS) is 11.0. The summed E-state index contributed by atoms with van der Waals surface area (Å²) in [5.74, 6) is 1.03. The Kier molecular flexibility index (Phi) is 3.13. The lowest BCUT2D eigenvalue weighted by molar-refractivity contribution is 0.0943. The molecule has 6 heteroatoms. The number of amides is 1. The smallest absolute Gasteiger partial charge is 0.268 e. The Hall–Kier alpha value is -2.76. The van der Waals surface area contributed by atoms with Crippen LogP contribution >= 0.6 is 0 Å². The van der Waals surface area contributed by atoms with E-state index in [4.69, 9.17) is 10.2 Å². The lowest BCUT2D eigenvalue weighted by Gasteiger charge is -2.00. The lowest BCUT2D eigenvalue weighted by Crippen LogP contribution is -2.23. The van der Waals surface area contributed by atoms with Crippen molar-refractivity contribution in [3.63, 3.8) is 0 Å². The molecule has 2 heterocycles. The molecule has 0 aliphatic carbocycles. The van der Waals surface area contributed by atoms with Crippen LogP contribution in [0.5, 0.6) is 0 Å². The van der Waals surface area contributed by atoms with E-state index >= 15 is 0 Å². The zero-order valence-electron chi connectivity index (χ0n) is 11.9. The number of carbonyl (C=O) groups excluding carboxylic acids is 1. The summed E-state index contributed by atoms with van der Waals surface area (Å²) in [4.78, 5) is 19.4. The second-order valence-electron chi connectivity index (χ2n) is 4.93. The second-order valence-corrected chi connectivity index (χ2v) is 4.93. The number of rotatable bonds is 3. The van der Waals surface area contributed by atoms with E-state index in [0.717, 1.165) is 22.4 Å². The summed E-state index contributed by atoms with van der Waals surface area (Å²) in [6.07, 6.45) is 0. The molecular weight excluding hydrogens is 268 g/mol. The van der Waals surface area contributed by atoms with Crippen molar-refractivity contribution in [3.8, 4) is 0 Å². The number of nitrogens with one attached hydrogen (secondary N) is 2. The minimum Gasteiger partial charge on any atom is -0.444 e. The van der Waals surface area contributed by atoms with E-state index in [0.29, 0.717) is 17.3 Å². The first-order chi connectivity index (χ1) is 10.0. The van der Waals surface area contributed by atoms with E-state index in [2.05, 4.69) is 15.3 Å². The van der Waals surface area contributed by atoms with Crippen LogP contribution in [0.15, 0.2) is 28.7 Å². The molecule has 0 bridgehead atoms. The molecule has 3 aromatic rings. The molecular formula is C15H16N4O2. The maximum atomic E-state index is 12.1. The van der Waals surface area contributed by atoms with Gasteiger partial charge >= 0.3 is 0 Å². The number of benzene rings is 1. The van der Waals surface area contributed by atoms with Gasteiger partial charge in [0.15, 0.2) is 0 Å². The molecule has 0 unspecified atom stereocenters. The number of aromatic amines is 1. The fraction of sp³-hybridized carbons (Fsp3) is 0.200. The Balaban J connectivity index is 1.76. The van der Waals surface area contributed by atoms with Crippen molar-refractivity contribution in [1.29, 1.82) is 0 Å². The summed E-state index contributed by atoms with van der Waals surface area (Å²) in [5, 5.41) is 3.67. The maximum absolute atomic E-state index is 12.1. The average molecular weight is 284 g/mol. The molecule has 1 amide bonds. The first kappa shape index (κ1) is 13.2. The van der Waals surface area contributed by atoms with Crippen LogP contribution in [-0.4, -0.2) is 15.9 Å². The van der Waals surface area contributed by atoms with Gasteiger partial charge in [-0.1, -0.05) is 12.1 Å². The monoisotopic (exact) mass is 284 g/mol. The van der Waals surface area contributed by atoms with Gasteiger partial charge in [0, 0.05) is 5.39 Å². The third-order valence-electron chi connectivity index (χ3n) is 3.41. The number of para-hydroxylation sites is 1. The summed E-state index contributed by atoms with van der Waals surface area (Å²) in [5.41, 5.74) is 8.54. The molecule has 4 N–H and O–H groups in total. The summed E-state index contributed by atoms with van der Waals surface area (Å²) < 4.78 is 5.42. The molecule has 0 atom stereocenters. The predicted octanol–water partition coefficient (Wildman–Crippen LogP) is 2.28.